The minimum absolute atomic E-state index is 0.210. The number of rotatable bonds is 8. The molecule has 13 heteroatoms. The fourth-order valence-electron chi connectivity index (χ4n) is 4.82. The minimum Gasteiger partial charge on any atom is -0.473 e. The smallest absolute Gasteiger partial charge is 0.321 e. The molecule has 1 aliphatic heterocycles. The Hall–Kier alpha value is -3.00. The van der Waals surface area contributed by atoms with Gasteiger partial charge in [-0.15, -0.1) is 15.3 Å². The molecule has 0 spiro atoms. The van der Waals surface area contributed by atoms with E-state index in [1.54, 1.807) is 4.52 Å². The lowest BCUT2D eigenvalue weighted by molar-refractivity contribution is 0.0388. The summed E-state index contributed by atoms with van der Waals surface area (Å²) >= 11 is 2.92. The maximum absolute atomic E-state index is 12.4. The lowest BCUT2D eigenvalue weighted by Gasteiger charge is -2.26. The van der Waals surface area contributed by atoms with Gasteiger partial charge < -0.3 is 14.8 Å². The average Bonchev–Trinajstić information content (AvgIpc) is 3.53. The molecule has 0 atom stereocenters. The molecule has 11 nitrogen and oxygen atoms in total. The standard InChI is InChI=1S/C26H32N8O3S2/c1-17-2-4-18(5-3-17)37-23-9-8-22-30-31-26(34(22)32-23)38-19-6-7-20-21(16-19)39-25(28-20)29-24(35)27-10-11-33-12-14-36-15-13-33/h6-9,16-18H,2-5,10-15H2,1H3,(H2,27,28,29,35). The van der Waals surface area contributed by atoms with E-state index >= 15 is 0 Å². The van der Waals surface area contributed by atoms with Gasteiger partial charge in [-0.05, 0) is 67.6 Å². The number of carbonyl (C=O) groups excluding carboxylic acids is 1. The van der Waals surface area contributed by atoms with Crippen LogP contribution in [-0.2, 0) is 4.74 Å². The quantitative estimate of drug-likeness (QED) is 0.321. The van der Waals surface area contributed by atoms with Crippen LogP contribution in [0, 0.1) is 5.92 Å². The molecule has 1 saturated heterocycles. The van der Waals surface area contributed by atoms with Crippen molar-refractivity contribution in [2.24, 2.45) is 5.92 Å². The van der Waals surface area contributed by atoms with Gasteiger partial charge >= 0.3 is 6.03 Å². The summed E-state index contributed by atoms with van der Waals surface area (Å²) in [6.45, 7) is 6.97. The number of fused-ring (bicyclic) bond motifs is 2. The minimum atomic E-state index is -0.251. The third-order valence-corrected chi connectivity index (χ3v) is 8.93. The number of amides is 2. The van der Waals surface area contributed by atoms with Crippen molar-refractivity contribution in [2.75, 3.05) is 44.7 Å². The van der Waals surface area contributed by atoms with Crippen LogP contribution in [0.4, 0.5) is 9.93 Å². The Balaban J connectivity index is 1.08. The summed E-state index contributed by atoms with van der Waals surface area (Å²) in [5, 5.41) is 20.3. The largest absolute Gasteiger partial charge is 0.473 e. The Bertz CT molecular complexity index is 1430. The molecule has 0 radical (unpaired) electrons. The Kier molecular flexibility index (Phi) is 8.09. The zero-order chi connectivity index (χ0) is 26.6. The number of carbonyl (C=O) groups is 1. The number of nitrogens with one attached hydrogen (secondary N) is 2. The van der Waals surface area contributed by atoms with Crippen LogP contribution >= 0.6 is 23.1 Å². The molecule has 206 valence electrons. The average molecular weight is 569 g/mol. The molecule has 4 heterocycles. The van der Waals surface area contributed by atoms with E-state index in [1.165, 1.54) is 35.9 Å². The lowest BCUT2D eigenvalue weighted by Crippen LogP contribution is -2.42. The van der Waals surface area contributed by atoms with Crippen molar-refractivity contribution in [2.45, 2.75) is 48.8 Å². The van der Waals surface area contributed by atoms with Gasteiger partial charge in [0, 0.05) is 37.1 Å². The molecule has 39 heavy (non-hydrogen) atoms. The van der Waals surface area contributed by atoms with Crippen LogP contribution in [0.2, 0.25) is 0 Å². The van der Waals surface area contributed by atoms with E-state index in [2.05, 4.69) is 42.7 Å². The third kappa shape index (κ3) is 6.60. The normalized spacial score (nSPS) is 20.3. The summed E-state index contributed by atoms with van der Waals surface area (Å²) in [5.41, 5.74) is 1.50. The van der Waals surface area contributed by atoms with Crippen LogP contribution < -0.4 is 15.4 Å². The van der Waals surface area contributed by atoms with Crippen molar-refractivity contribution in [3.05, 3.63) is 30.3 Å². The van der Waals surface area contributed by atoms with Crippen LogP contribution in [0.5, 0.6) is 5.88 Å². The van der Waals surface area contributed by atoms with Crippen LogP contribution in [0.25, 0.3) is 15.9 Å². The second-order valence-corrected chi connectivity index (χ2v) is 12.1. The van der Waals surface area contributed by atoms with Crippen LogP contribution in [0.3, 0.4) is 0 Å². The van der Waals surface area contributed by atoms with Crippen molar-refractivity contribution in [3.8, 4) is 5.88 Å². The Morgan fingerprint density at radius 3 is 2.85 bits per heavy atom. The number of ether oxygens (including phenoxy) is 2. The number of anilines is 1. The highest BCUT2D eigenvalue weighted by Crippen LogP contribution is 2.33. The molecule has 2 fully saturated rings. The molecule has 2 aliphatic rings. The first-order valence-corrected chi connectivity index (χ1v) is 15.0. The molecule has 4 aromatic rings. The molecule has 1 saturated carbocycles. The van der Waals surface area contributed by atoms with E-state index in [-0.39, 0.29) is 12.1 Å². The van der Waals surface area contributed by atoms with Crippen molar-refractivity contribution in [1.29, 1.82) is 0 Å². The molecular formula is C26H32N8O3S2. The number of morpholine rings is 1. The second-order valence-electron chi connectivity index (χ2n) is 10.0. The molecular weight excluding hydrogens is 536 g/mol. The van der Waals surface area contributed by atoms with Crippen molar-refractivity contribution >= 4 is 50.1 Å². The van der Waals surface area contributed by atoms with Gasteiger partial charge in [-0.25, -0.2) is 9.78 Å². The van der Waals surface area contributed by atoms with E-state index in [9.17, 15) is 4.79 Å². The Morgan fingerprint density at radius 1 is 1.15 bits per heavy atom. The topological polar surface area (TPSA) is 119 Å². The van der Waals surface area contributed by atoms with Crippen LogP contribution in [-0.4, -0.2) is 81.2 Å². The first-order chi connectivity index (χ1) is 19.1. The van der Waals surface area contributed by atoms with E-state index in [0.717, 1.165) is 66.7 Å². The predicted molar refractivity (Wildman–Crippen MR) is 151 cm³/mol. The summed E-state index contributed by atoms with van der Waals surface area (Å²) in [7, 11) is 0. The van der Waals surface area contributed by atoms with Crippen LogP contribution in [0.15, 0.2) is 40.4 Å². The zero-order valence-corrected chi connectivity index (χ0v) is 23.5. The van der Waals surface area contributed by atoms with Gasteiger partial charge in [0.1, 0.15) is 6.10 Å². The number of benzene rings is 1. The third-order valence-electron chi connectivity index (χ3n) is 7.07. The lowest BCUT2D eigenvalue weighted by atomic mass is 9.89. The number of nitrogens with zero attached hydrogens (tertiary/aromatic N) is 6. The van der Waals surface area contributed by atoms with E-state index in [0.29, 0.717) is 28.4 Å². The van der Waals surface area contributed by atoms with Gasteiger partial charge in [-0.1, -0.05) is 18.3 Å². The highest BCUT2D eigenvalue weighted by Gasteiger charge is 2.21. The first-order valence-electron chi connectivity index (χ1n) is 13.4. The second kappa shape index (κ2) is 12.0. The van der Waals surface area contributed by atoms with Crippen molar-refractivity contribution in [3.63, 3.8) is 0 Å². The van der Waals surface area contributed by atoms with Crippen LogP contribution in [0.1, 0.15) is 32.6 Å². The molecule has 1 aromatic carbocycles. The highest BCUT2D eigenvalue weighted by atomic mass is 32.2. The summed E-state index contributed by atoms with van der Waals surface area (Å²) in [6.07, 6.45) is 4.72. The molecule has 2 amide bonds. The molecule has 3 aromatic heterocycles. The van der Waals surface area contributed by atoms with E-state index in [1.807, 2.05) is 30.3 Å². The highest BCUT2D eigenvalue weighted by molar-refractivity contribution is 7.99. The fraction of sp³-hybridized carbons (Fsp3) is 0.500. The molecule has 0 unspecified atom stereocenters. The summed E-state index contributed by atoms with van der Waals surface area (Å²) < 4.78 is 14.2. The molecule has 0 bridgehead atoms. The Labute approximate surface area is 234 Å². The fourth-order valence-corrected chi connectivity index (χ4v) is 6.62. The number of urea groups is 1. The molecule has 2 N–H and O–H groups in total. The maximum Gasteiger partial charge on any atom is 0.321 e. The first kappa shape index (κ1) is 26.2. The Morgan fingerprint density at radius 2 is 2.00 bits per heavy atom. The maximum atomic E-state index is 12.4. The monoisotopic (exact) mass is 568 g/mol. The van der Waals surface area contributed by atoms with Gasteiger partial charge in [0.2, 0.25) is 11.0 Å². The van der Waals surface area contributed by atoms with Gasteiger partial charge in [-0.2, -0.15) is 4.52 Å². The van der Waals surface area contributed by atoms with Gasteiger partial charge in [0.05, 0.1) is 23.4 Å². The van der Waals surface area contributed by atoms with Crippen molar-refractivity contribution in [1.82, 2.24) is 35.0 Å². The SMILES string of the molecule is CC1CCC(Oc2ccc3nnc(Sc4ccc5nc(NC(=O)NCCN6CCOCC6)sc5c4)n3n2)CC1. The van der Waals surface area contributed by atoms with E-state index < -0.39 is 0 Å². The number of aromatic nitrogens is 5. The summed E-state index contributed by atoms with van der Waals surface area (Å²) in [5.74, 6) is 1.37. The van der Waals surface area contributed by atoms with E-state index in [4.69, 9.17) is 9.47 Å². The van der Waals surface area contributed by atoms with Crippen molar-refractivity contribution < 1.29 is 14.3 Å². The summed E-state index contributed by atoms with van der Waals surface area (Å²) in [4.78, 5) is 20.2. The summed E-state index contributed by atoms with van der Waals surface area (Å²) in [6, 6.07) is 9.49. The molecule has 1 aliphatic carbocycles. The van der Waals surface area contributed by atoms with Gasteiger partial charge in [0.25, 0.3) is 0 Å². The number of hydrogen-bond acceptors (Lipinski definition) is 10. The van der Waals surface area contributed by atoms with Gasteiger partial charge in [0.15, 0.2) is 10.8 Å². The number of thiazole rings is 1. The van der Waals surface area contributed by atoms with Gasteiger partial charge in [-0.3, -0.25) is 10.2 Å². The number of hydrogen-bond donors (Lipinski definition) is 2. The predicted octanol–water partition coefficient (Wildman–Crippen LogP) is 4.30. The molecule has 6 rings (SSSR count). The zero-order valence-electron chi connectivity index (χ0n) is 21.8.